The minimum absolute atomic E-state index is 0.179. The fraction of sp³-hybridized carbons (Fsp3) is 0.300. The van der Waals surface area contributed by atoms with Gasteiger partial charge in [-0.1, -0.05) is 5.21 Å². The zero-order chi connectivity index (χ0) is 13.4. The summed E-state index contributed by atoms with van der Waals surface area (Å²) in [5, 5.41) is 10.6. The zero-order valence-corrected chi connectivity index (χ0v) is 10.2. The van der Waals surface area contributed by atoms with Gasteiger partial charge >= 0.3 is 0 Å². The summed E-state index contributed by atoms with van der Waals surface area (Å²) in [6.45, 7) is 2.17. The number of nitrogens with zero attached hydrogens (tertiary/aromatic N) is 6. The summed E-state index contributed by atoms with van der Waals surface area (Å²) < 4.78 is 2.85. The van der Waals surface area contributed by atoms with Crippen LogP contribution in [0.2, 0.25) is 0 Å². The lowest BCUT2D eigenvalue weighted by Crippen LogP contribution is -2.17. The number of nitrogens with two attached hydrogens (primary N) is 1. The number of H-pyrrole nitrogens is 1. The van der Waals surface area contributed by atoms with Crippen molar-refractivity contribution in [2.45, 2.75) is 19.5 Å². The van der Waals surface area contributed by atoms with E-state index in [9.17, 15) is 4.79 Å². The minimum Gasteiger partial charge on any atom is -0.323 e. The van der Waals surface area contributed by atoms with Crippen molar-refractivity contribution < 1.29 is 0 Å². The Morgan fingerprint density at radius 2 is 2.37 bits per heavy atom. The molecule has 98 valence electrons. The highest BCUT2D eigenvalue weighted by atomic mass is 16.1. The van der Waals surface area contributed by atoms with Crippen molar-refractivity contribution in [1.29, 1.82) is 0 Å². The van der Waals surface area contributed by atoms with Crippen LogP contribution in [0.25, 0.3) is 5.78 Å². The molecule has 3 aromatic rings. The summed E-state index contributed by atoms with van der Waals surface area (Å²) in [6, 6.07) is 1.25. The number of fused-ring (bicyclic) bond motifs is 1. The number of rotatable bonds is 3. The number of aromatic amines is 1. The van der Waals surface area contributed by atoms with Gasteiger partial charge in [0.25, 0.3) is 11.3 Å². The predicted octanol–water partition coefficient (Wildman–Crippen LogP) is -0.923. The predicted molar refractivity (Wildman–Crippen MR) is 65.3 cm³/mol. The summed E-state index contributed by atoms with van der Waals surface area (Å²) in [7, 11) is 0. The minimum atomic E-state index is -0.218. The molecule has 9 nitrogen and oxygen atoms in total. The Labute approximate surface area is 107 Å². The second-order valence-corrected chi connectivity index (χ2v) is 4.24. The van der Waals surface area contributed by atoms with E-state index < -0.39 is 0 Å². The molecule has 3 aromatic heterocycles. The molecule has 0 aromatic carbocycles. The Balaban J connectivity index is 1.93. The highest BCUT2D eigenvalue weighted by Gasteiger charge is 2.08. The molecule has 3 heterocycles. The summed E-state index contributed by atoms with van der Waals surface area (Å²) >= 11 is 0. The van der Waals surface area contributed by atoms with Gasteiger partial charge in [-0.15, -0.1) is 5.10 Å². The van der Waals surface area contributed by atoms with Crippen molar-refractivity contribution in [3.63, 3.8) is 0 Å². The summed E-state index contributed by atoms with van der Waals surface area (Å²) in [4.78, 5) is 19.9. The number of nitrogens with one attached hydrogen (secondary N) is 1. The standard InChI is InChI=1S/C10H12N8O/c1-6(11)8-4-17(16-15-8)3-7-2-9(19)18-10(14-7)12-5-13-18/h2,4-6H,3,11H2,1H3,(H,12,13,14). The van der Waals surface area contributed by atoms with Crippen LogP contribution in [-0.4, -0.2) is 34.6 Å². The monoisotopic (exact) mass is 260 g/mol. The highest BCUT2D eigenvalue weighted by molar-refractivity contribution is 5.26. The Hall–Kier alpha value is -2.55. The lowest BCUT2D eigenvalue weighted by Gasteiger charge is -2.00. The van der Waals surface area contributed by atoms with Crippen LogP contribution in [0, 0.1) is 0 Å². The van der Waals surface area contributed by atoms with Crippen molar-refractivity contribution in [3.05, 3.63) is 40.3 Å². The van der Waals surface area contributed by atoms with Crippen LogP contribution in [0.3, 0.4) is 0 Å². The number of aromatic nitrogens is 7. The van der Waals surface area contributed by atoms with Crippen LogP contribution < -0.4 is 11.3 Å². The molecule has 3 N–H and O–H groups in total. The summed E-state index contributed by atoms with van der Waals surface area (Å²) in [5.74, 6) is 0.329. The molecule has 0 spiro atoms. The maximum Gasteiger partial charge on any atom is 0.274 e. The number of hydrogen-bond acceptors (Lipinski definition) is 6. The van der Waals surface area contributed by atoms with Gasteiger partial charge in [-0.25, -0.2) is 14.6 Å². The summed E-state index contributed by atoms with van der Waals surface area (Å²) in [6.07, 6.45) is 3.15. The lowest BCUT2D eigenvalue weighted by molar-refractivity contribution is 0.635. The molecule has 0 aliphatic heterocycles. The van der Waals surface area contributed by atoms with Gasteiger partial charge in [0.1, 0.15) is 6.33 Å². The van der Waals surface area contributed by atoms with Crippen LogP contribution in [0.15, 0.2) is 23.4 Å². The smallest absolute Gasteiger partial charge is 0.274 e. The van der Waals surface area contributed by atoms with Crippen molar-refractivity contribution >= 4 is 5.78 Å². The molecule has 1 atom stereocenters. The molecule has 1 unspecified atom stereocenters. The molecule has 0 saturated carbocycles. The Morgan fingerprint density at radius 3 is 3.11 bits per heavy atom. The van der Waals surface area contributed by atoms with Gasteiger partial charge < -0.3 is 5.73 Å². The quantitative estimate of drug-likeness (QED) is 0.628. The van der Waals surface area contributed by atoms with Crippen molar-refractivity contribution in [2.75, 3.05) is 0 Å². The van der Waals surface area contributed by atoms with Gasteiger partial charge in [0, 0.05) is 12.1 Å². The Kier molecular flexibility index (Phi) is 2.60. The fourth-order valence-electron chi connectivity index (χ4n) is 1.71. The van der Waals surface area contributed by atoms with Gasteiger partial charge in [0.05, 0.1) is 24.1 Å². The van der Waals surface area contributed by atoms with E-state index >= 15 is 0 Å². The zero-order valence-electron chi connectivity index (χ0n) is 10.2. The van der Waals surface area contributed by atoms with E-state index in [1.165, 1.54) is 16.9 Å². The maximum absolute atomic E-state index is 11.8. The van der Waals surface area contributed by atoms with Crippen LogP contribution >= 0.6 is 0 Å². The molecule has 3 rings (SSSR count). The Bertz CT molecular complexity index is 767. The van der Waals surface area contributed by atoms with Crippen LogP contribution in [0.1, 0.15) is 24.4 Å². The van der Waals surface area contributed by atoms with Gasteiger partial charge in [0.15, 0.2) is 0 Å². The van der Waals surface area contributed by atoms with Crippen LogP contribution in [0.5, 0.6) is 0 Å². The van der Waals surface area contributed by atoms with E-state index in [4.69, 9.17) is 5.73 Å². The molecule has 0 amide bonds. The van der Waals surface area contributed by atoms with E-state index in [-0.39, 0.29) is 11.6 Å². The first-order valence-electron chi connectivity index (χ1n) is 5.71. The molecule has 9 heteroatoms. The van der Waals surface area contributed by atoms with Crippen molar-refractivity contribution in [3.8, 4) is 0 Å². The van der Waals surface area contributed by atoms with E-state index in [1.54, 1.807) is 10.9 Å². The fourth-order valence-corrected chi connectivity index (χ4v) is 1.71. The molecule has 0 aliphatic carbocycles. The third kappa shape index (κ3) is 2.10. The maximum atomic E-state index is 11.8. The van der Waals surface area contributed by atoms with E-state index in [0.29, 0.717) is 23.7 Å². The third-order valence-corrected chi connectivity index (χ3v) is 2.67. The first kappa shape index (κ1) is 11.5. The van der Waals surface area contributed by atoms with Crippen LogP contribution in [0.4, 0.5) is 0 Å². The Morgan fingerprint density at radius 1 is 1.53 bits per heavy atom. The van der Waals surface area contributed by atoms with Crippen molar-refractivity contribution in [2.24, 2.45) is 5.73 Å². The topological polar surface area (TPSA) is 120 Å². The molecule has 0 saturated heterocycles. The van der Waals surface area contributed by atoms with E-state index in [1.807, 2.05) is 6.92 Å². The first-order valence-corrected chi connectivity index (χ1v) is 5.71. The molecule has 0 fully saturated rings. The molecule has 19 heavy (non-hydrogen) atoms. The van der Waals surface area contributed by atoms with Gasteiger partial charge in [-0.3, -0.25) is 9.89 Å². The first-order chi connectivity index (χ1) is 9.13. The van der Waals surface area contributed by atoms with Gasteiger partial charge in [-0.2, -0.15) is 4.52 Å². The molecular formula is C10H12N8O. The van der Waals surface area contributed by atoms with Gasteiger partial charge in [-0.05, 0) is 6.92 Å². The molecule has 0 aliphatic rings. The normalized spacial score (nSPS) is 12.9. The van der Waals surface area contributed by atoms with E-state index in [0.717, 1.165) is 0 Å². The second-order valence-electron chi connectivity index (χ2n) is 4.24. The molecule has 0 bridgehead atoms. The van der Waals surface area contributed by atoms with Gasteiger partial charge in [0.2, 0.25) is 0 Å². The lowest BCUT2D eigenvalue weighted by atomic mass is 10.3. The number of hydrogen-bond donors (Lipinski definition) is 2. The molecule has 0 radical (unpaired) electrons. The largest absolute Gasteiger partial charge is 0.323 e. The average Bonchev–Trinajstić information content (AvgIpc) is 2.97. The third-order valence-electron chi connectivity index (χ3n) is 2.67. The van der Waals surface area contributed by atoms with Crippen LogP contribution in [-0.2, 0) is 6.54 Å². The average molecular weight is 260 g/mol. The second kappa shape index (κ2) is 4.28. The molecular weight excluding hydrogens is 248 g/mol. The van der Waals surface area contributed by atoms with Crippen molar-refractivity contribution in [1.82, 2.24) is 34.6 Å². The van der Waals surface area contributed by atoms with E-state index in [2.05, 4.69) is 25.4 Å². The highest BCUT2D eigenvalue weighted by Crippen LogP contribution is 2.05. The SMILES string of the molecule is CC(N)c1cn(Cc2cc(=O)n3[nH]cnc3n2)nn1. The summed E-state index contributed by atoms with van der Waals surface area (Å²) in [5.41, 5.74) is 6.75.